The lowest BCUT2D eigenvalue weighted by molar-refractivity contribution is -0.117. The summed E-state index contributed by atoms with van der Waals surface area (Å²) in [6, 6.07) is 4.91. The third kappa shape index (κ3) is 3.32. The molecule has 2 rings (SSSR count). The van der Waals surface area contributed by atoms with Gasteiger partial charge >= 0.3 is 5.97 Å². The Morgan fingerprint density at radius 2 is 2.26 bits per heavy atom. The summed E-state index contributed by atoms with van der Waals surface area (Å²) in [5, 5.41) is 15.1. The number of carboxylic acid groups (broad SMARTS) is 1. The van der Waals surface area contributed by atoms with Crippen LogP contribution in [0.2, 0.25) is 0 Å². The van der Waals surface area contributed by atoms with Gasteiger partial charge in [-0.3, -0.25) is 4.79 Å². The number of anilines is 1. The fourth-order valence-corrected chi connectivity index (χ4v) is 2.35. The van der Waals surface area contributed by atoms with Gasteiger partial charge in [0.15, 0.2) is 0 Å². The average molecular weight is 262 g/mol. The molecular weight excluding hydrogens is 244 g/mol. The molecule has 1 heterocycles. The quantitative estimate of drug-likeness (QED) is 0.770. The Labute approximate surface area is 112 Å². The van der Waals surface area contributed by atoms with Gasteiger partial charge in [-0.2, -0.15) is 0 Å². The highest BCUT2D eigenvalue weighted by Crippen LogP contribution is 2.20. The van der Waals surface area contributed by atoms with Crippen LogP contribution in [0.5, 0.6) is 0 Å². The molecule has 5 heteroatoms. The van der Waals surface area contributed by atoms with Gasteiger partial charge in [0.25, 0.3) is 0 Å². The van der Waals surface area contributed by atoms with E-state index in [-0.39, 0.29) is 11.5 Å². The van der Waals surface area contributed by atoms with Gasteiger partial charge < -0.3 is 15.7 Å². The van der Waals surface area contributed by atoms with Crippen LogP contribution >= 0.6 is 0 Å². The van der Waals surface area contributed by atoms with Crippen LogP contribution in [0.15, 0.2) is 18.2 Å². The Bertz CT molecular complexity index is 493. The Kier molecular flexibility index (Phi) is 4.16. The van der Waals surface area contributed by atoms with Crippen molar-refractivity contribution in [3.8, 4) is 0 Å². The molecule has 1 fully saturated rings. The van der Waals surface area contributed by atoms with Crippen LogP contribution in [0.1, 0.15) is 28.8 Å². The van der Waals surface area contributed by atoms with E-state index in [2.05, 4.69) is 10.6 Å². The molecule has 0 radical (unpaired) electrons. The number of rotatable bonds is 4. The molecule has 1 aliphatic rings. The van der Waals surface area contributed by atoms with Crippen molar-refractivity contribution in [2.24, 2.45) is 5.92 Å². The minimum atomic E-state index is -0.978. The molecule has 0 aromatic heterocycles. The first-order valence-corrected chi connectivity index (χ1v) is 6.41. The van der Waals surface area contributed by atoms with Crippen LogP contribution in [-0.4, -0.2) is 30.1 Å². The molecule has 0 saturated carbocycles. The van der Waals surface area contributed by atoms with E-state index < -0.39 is 5.97 Å². The van der Waals surface area contributed by atoms with E-state index in [4.69, 9.17) is 5.11 Å². The Morgan fingerprint density at radius 3 is 2.89 bits per heavy atom. The van der Waals surface area contributed by atoms with Crippen molar-refractivity contribution in [3.63, 3.8) is 0 Å². The van der Waals surface area contributed by atoms with Crippen LogP contribution < -0.4 is 10.6 Å². The molecule has 1 saturated heterocycles. The van der Waals surface area contributed by atoms with Crippen molar-refractivity contribution < 1.29 is 14.7 Å². The van der Waals surface area contributed by atoms with Crippen molar-refractivity contribution in [1.29, 1.82) is 0 Å². The number of carbonyl (C=O) groups is 2. The van der Waals surface area contributed by atoms with Crippen LogP contribution in [0.4, 0.5) is 5.69 Å². The third-order valence-electron chi connectivity index (χ3n) is 3.47. The number of carboxylic acids is 1. The van der Waals surface area contributed by atoms with E-state index in [0.29, 0.717) is 23.6 Å². The van der Waals surface area contributed by atoms with Gasteiger partial charge in [-0.1, -0.05) is 6.07 Å². The average Bonchev–Trinajstić information content (AvgIpc) is 2.84. The predicted octanol–water partition coefficient (Wildman–Crippen LogP) is 1.63. The maximum Gasteiger partial charge on any atom is 0.336 e. The highest BCUT2D eigenvalue weighted by atomic mass is 16.4. The van der Waals surface area contributed by atoms with Crippen LogP contribution in [-0.2, 0) is 4.79 Å². The molecule has 1 aromatic carbocycles. The van der Waals surface area contributed by atoms with Gasteiger partial charge in [0, 0.05) is 12.1 Å². The lowest BCUT2D eigenvalue weighted by Crippen LogP contribution is -2.19. The molecule has 5 nitrogen and oxygen atoms in total. The van der Waals surface area contributed by atoms with Crippen LogP contribution in [0.3, 0.4) is 0 Å². The second-order valence-electron chi connectivity index (χ2n) is 4.89. The topological polar surface area (TPSA) is 78.4 Å². The predicted molar refractivity (Wildman–Crippen MR) is 72.4 cm³/mol. The van der Waals surface area contributed by atoms with Crippen molar-refractivity contribution in [2.45, 2.75) is 19.8 Å². The Hall–Kier alpha value is -1.88. The van der Waals surface area contributed by atoms with E-state index in [9.17, 15) is 9.59 Å². The fourth-order valence-electron chi connectivity index (χ4n) is 2.35. The van der Waals surface area contributed by atoms with Crippen molar-refractivity contribution in [1.82, 2.24) is 5.32 Å². The van der Waals surface area contributed by atoms with Crippen LogP contribution in [0.25, 0.3) is 0 Å². The minimum absolute atomic E-state index is 0.0562. The van der Waals surface area contributed by atoms with Gasteiger partial charge in [0.1, 0.15) is 0 Å². The highest BCUT2D eigenvalue weighted by molar-refractivity contribution is 5.96. The first-order valence-electron chi connectivity index (χ1n) is 6.41. The summed E-state index contributed by atoms with van der Waals surface area (Å²) in [7, 11) is 0. The van der Waals surface area contributed by atoms with E-state index in [0.717, 1.165) is 19.5 Å². The summed E-state index contributed by atoms with van der Waals surface area (Å²) in [5.74, 6) is -0.657. The second kappa shape index (κ2) is 5.84. The number of hydrogen-bond acceptors (Lipinski definition) is 3. The van der Waals surface area contributed by atoms with E-state index >= 15 is 0 Å². The summed E-state index contributed by atoms with van der Waals surface area (Å²) in [5.41, 5.74) is 1.39. The zero-order valence-corrected chi connectivity index (χ0v) is 10.9. The molecule has 3 N–H and O–H groups in total. The smallest absolute Gasteiger partial charge is 0.336 e. The molecule has 19 heavy (non-hydrogen) atoms. The number of nitrogens with one attached hydrogen (secondary N) is 2. The van der Waals surface area contributed by atoms with Crippen molar-refractivity contribution >= 4 is 17.6 Å². The largest absolute Gasteiger partial charge is 0.478 e. The fraction of sp³-hybridized carbons (Fsp3) is 0.429. The van der Waals surface area contributed by atoms with Gasteiger partial charge in [-0.15, -0.1) is 0 Å². The Balaban J connectivity index is 2.04. The first kappa shape index (κ1) is 13.5. The SMILES string of the molecule is Cc1c(NC(=O)CC2CCNC2)cccc1C(=O)O. The second-order valence-corrected chi connectivity index (χ2v) is 4.89. The molecule has 1 amide bonds. The molecule has 0 aliphatic carbocycles. The van der Waals surface area contributed by atoms with Crippen molar-refractivity contribution in [3.05, 3.63) is 29.3 Å². The lowest BCUT2D eigenvalue weighted by Gasteiger charge is -2.12. The van der Waals surface area contributed by atoms with E-state index in [1.165, 1.54) is 6.07 Å². The van der Waals surface area contributed by atoms with E-state index in [1.807, 2.05) is 0 Å². The normalized spacial score (nSPS) is 18.3. The van der Waals surface area contributed by atoms with E-state index in [1.54, 1.807) is 19.1 Å². The summed E-state index contributed by atoms with van der Waals surface area (Å²) in [6.07, 6.45) is 1.49. The molecule has 102 valence electrons. The zero-order chi connectivity index (χ0) is 13.8. The Morgan fingerprint density at radius 1 is 1.47 bits per heavy atom. The number of aromatic carboxylic acids is 1. The summed E-state index contributed by atoms with van der Waals surface area (Å²) in [6.45, 7) is 3.54. The summed E-state index contributed by atoms with van der Waals surface area (Å²) >= 11 is 0. The van der Waals surface area contributed by atoms with Crippen molar-refractivity contribution in [2.75, 3.05) is 18.4 Å². The molecule has 0 bridgehead atoms. The number of benzene rings is 1. The molecule has 0 spiro atoms. The third-order valence-corrected chi connectivity index (χ3v) is 3.47. The molecule has 1 atom stereocenters. The number of amides is 1. The standard InChI is InChI=1S/C14H18N2O3/c1-9-11(14(18)19)3-2-4-12(9)16-13(17)7-10-5-6-15-8-10/h2-4,10,15H,5-8H2,1H3,(H,16,17)(H,18,19). The van der Waals surface area contributed by atoms with Gasteiger partial charge in [0.05, 0.1) is 5.56 Å². The molecule has 1 aromatic rings. The first-order chi connectivity index (χ1) is 9.08. The van der Waals surface area contributed by atoms with Gasteiger partial charge in [0.2, 0.25) is 5.91 Å². The summed E-state index contributed by atoms with van der Waals surface area (Å²) < 4.78 is 0. The van der Waals surface area contributed by atoms with Gasteiger partial charge in [-0.05, 0) is 50.0 Å². The molecule has 1 unspecified atom stereocenters. The zero-order valence-electron chi connectivity index (χ0n) is 10.9. The minimum Gasteiger partial charge on any atom is -0.478 e. The molecule has 1 aliphatic heterocycles. The molecular formula is C14H18N2O3. The monoisotopic (exact) mass is 262 g/mol. The number of carbonyl (C=O) groups excluding carboxylic acids is 1. The summed E-state index contributed by atoms with van der Waals surface area (Å²) in [4.78, 5) is 22.9. The van der Waals surface area contributed by atoms with Gasteiger partial charge in [-0.25, -0.2) is 4.79 Å². The maximum absolute atomic E-state index is 11.9. The van der Waals surface area contributed by atoms with Crippen LogP contribution in [0, 0.1) is 12.8 Å². The maximum atomic E-state index is 11.9. The number of hydrogen-bond donors (Lipinski definition) is 3. The highest BCUT2D eigenvalue weighted by Gasteiger charge is 2.19. The lowest BCUT2D eigenvalue weighted by atomic mass is 10.0.